The number of carbonyl (C=O) groups is 2. The average Bonchev–Trinajstić information content (AvgIpc) is 3.43. The van der Waals surface area contributed by atoms with Gasteiger partial charge in [-0.15, -0.1) is 0 Å². The van der Waals surface area contributed by atoms with Crippen molar-refractivity contribution in [2.24, 2.45) is 11.8 Å². The van der Waals surface area contributed by atoms with E-state index in [4.69, 9.17) is 21.1 Å². The largest absolute Gasteiger partial charge is 0.497 e. The van der Waals surface area contributed by atoms with E-state index in [1.807, 2.05) is 0 Å². The molecule has 1 aliphatic rings. The van der Waals surface area contributed by atoms with Crippen LogP contribution < -0.4 is 20.1 Å². The van der Waals surface area contributed by atoms with Crippen molar-refractivity contribution < 1.29 is 19.1 Å². The quantitative estimate of drug-likeness (QED) is 0.810. The molecule has 0 aliphatic heterocycles. The summed E-state index contributed by atoms with van der Waals surface area (Å²) in [4.78, 5) is 24.8. The van der Waals surface area contributed by atoms with Crippen molar-refractivity contribution in [3.05, 3.63) is 47.5 Å². The Morgan fingerprint density at radius 1 is 1.00 bits per heavy atom. The number of anilines is 2. The maximum absolute atomic E-state index is 12.4. The molecule has 2 aromatic rings. The fourth-order valence-corrected chi connectivity index (χ4v) is 2.89. The van der Waals surface area contributed by atoms with Crippen molar-refractivity contribution in [1.82, 2.24) is 0 Å². The molecular formula is C19H19ClN2O4. The van der Waals surface area contributed by atoms with Crippen LogP contribution in [0.5, 0.6) is 11.5 Å². The van der Waals surface area contributed by atoms with Crippen LogP contribution in [0.4, 0.5) is 11.4 Å². The van der Waals surface area contributed by atoms with Gasteiger partial charge in [-0.3, -0.25) is 9.59 Å². The number of hydrogen-bond acceptors (Lipinski definition) is 4. The summed E-state index contributed by atoms with van der Waals surface area (Å²) >= 11 is 5.97. The zero-order chi connectivity index (χ0) is 18.7. The number of nitrogens with one attached hydrogen (secondary N) is 2. The summed E-state index contributed by atoms with van der Waals surface area (Å²) in [6, 6.07) is 12.1. The zero-order valence-electron chi connectivity index (χ0n) is 14.4. The van der Waals surface area contributed by atoms with Crippen LogP contribution in [0, 0.1) is 11.8 Å². The summed E-state index contributed by atoms with van der Waals surface area (Å²) in [5.41, 5.74) is 1.13. The lowest BCUT2D eigenvalue weighted by Crippen LogP contribution is -2.20. The van der Waals surface area contributed by atoms with Gasteiger partial charge < -0.3 is 20.1 Å². The molecule has 136 valence electrons. The number of rotatable bonds is 6. The summed E-state index contributed by atoms with van der Waals surface area (Å²) in [6.07, 6.45) is 0.504. The Morgan fingerprint density at radius 2 is 1.73 bits per heavy atom. The van der Waals surface area contributed by atoms with Crippen molar-refractivity contribution in [1.29, 1.82) is 0 Å². The van der Waals surface area contributed by atoms with Gasteiger partial charge in [-0.25, -0.2) is 0 Å². The Kier molecular flexibility index (Phi) is 5.32. The fraction of sp³-hybridized carbons (Fsp3) is 0.263. The van der Waals surface area contributed by atoms with E-state index in [9.17, 15) is 9.59 Å². The number of amides is 2. The molecule has 26 heavy (non-hydrogen) atoms. The smallest absolute Gasteiger partial charge is 0.228 e. The third-order valence-corrected chi connectivity index (χ3v) is 4.46. The number of benzene rings is 2. The molecule has 1 aliphatic carbocycles. The third-order valence-electron chi connectivity index (χ3n) is 4.22. The van der Waals surface area contributed by atoms with Gasteiger partial charge in [-0.05, 0) is 36.8 Å². The number of halogens is 1. The lowest BCUT2D eigenvalue weighted by Gasteiger charge is -2.10. The van der Waals surface area contributed by atoms with Gasteiger partial charge in [0, 0.05) is 16.8 Å². The van der Waals surface area contributed by atoms with Crippen molar-refractivity contribution in [2.75, 3.05) is 24.9 Å². The van der Waals surface area contributed by atoms with E-state index in [-0.39, 0.29) is 23.7 Å². The van der Waals surface area contributed by atoms with Gasteiger partial charge in [0.05, 0.1) is 31.7 Å². The first-order chi connectivity index (χ1) is 12.5. The van der Waals surface area contributed by atoms with Gasteiger partial charge in [-0.1, -0.05) is 17.7 Å². The predicted octanol–water partition coefficient (Wildman–Crippen LogP) is 3.57. The van der Waals surface area contributed by atoms with Crippen LogP contribution in [0.15, 0.2) is 42.5 Å². The molecule has 3 rings (SSSR count). The Hall–Kier alpha value is -2.73. The highest BCUT2D eigenvalue weighted by Crippen LogP contribution is 2.41. The van der Waals surface area contributed by atoms with Gasteiger partial charge in [-0.2, -0.15) is 0 Å². The van der Waals surface area contributed by atoms with Crippen LogP contribution in [0.3, 0.4) is 0 Å². The second-order valence-corrected chi connectivity index (χ2v) is 6.44. The molecule has 2 atom stereocenters. The van der Waals surface area contributed by atoms with Gasteiger partial charge in [0.25, 0.3) is 0 Å². The number of ether oxygens (including phenoxy) is 2. The minimum Gasteiger partial charge on any atom is -0.497 e. The summed E-state index contributed by atoms with van der Waals surface area (Å²) in [6.45, 7) is 0. The van der Waals surface area contributed by atoms with Crippen LogP contribution in [0.25, 0.3) is 0 Å². The van der Waals surface area contributed by atoms with Crippen LogP contribution in [-0.4, -0.2) is 26.0 Å². The Balaban J connectivity index is 1.60. The second-order valence-electron chi connectivity index (χ2n) is 6.00. The van der Waals surface area contributed by atoms with E-state index in [0.717, 1.165) is 0 Å². The van der Waals surface area contributed by atoms with Crippen molar-refractivity contribution >= 4 is 34.8 Å². The average molecular weight is 375 g/mol. The molecule has 0 saturated heterocycles. The molecule has 0 aromatic heterocycles. The van der Waals surface area contributed by atoms with Crippen molar-refractivity contribution in [2.45, 2.75) is 6.42 Å². The lowest BCUT2D eigenvalue weighted by molar-refractivity contribution is -0.122. The second kappa shape index (κ2) is 7.66. The standard InChI is InChI=1S/C19H19ClN2O4/c1-25-13-5-3-4-12(9-13)21-18(23)14-10-15(14)19(24)22-16-8-11(20)6-7-17(16)26-2/h3-9,14-15H,10H2,1-2H3,(H,21,23)(H,22,24). The van der Waals surface area contributed by atoms with Gasteiger partial charge in [0.15, 0.2) is 0 Å². The monoisotopic (exact) mass is 374 g/mol. The summed E-state index contributed by atoms with van der Waals surface area (Å²) < 4.78 is 10.3. The minimum absolute atomic E-state index is 0.184. The van der Waals surface area contributed by atoms with E-state index in [2.05, 4.69) is 10.6 Å². The third kappa shape index (κ3) is 4.08. The molecule has 1 fully saturated rings. The van der Waals surface area contributed by atoms with Crippen LogP contribution in [0.1, 0.15) is 6.42 Å². The number of methoxy groups -OCH3 is 2. The molecule has 0 spiro atoms. The number of carbonyl (C=O) groups excluding carboxylic acids is 2. The Bertz CT molecular complexity index is 840. The van der Waals surface area contributed by atoms with Crippen molar-refractivity contribution in [3.8, 4) is 11.5 Å². The number of hydrogen-bond donors (Lipinski definition) is 2. The van der Waals surface area contributed by atoms with E-state index < -0.39 is 0 Å². The van der Waals surface area contributed by atoms with Gasteiger partial charge in [0.1, 0.15) is 11.5 Å². The van der Waals surface area contributed by atoms with Crippen LogP contribution in [0.2, 0.25) is 5.02 Å². The molecule has 0 radical (unpaired) electrons. The lowest BCUT2D eigenvalue weighted by atomic mass is 10.2. The fourth-order valence-electron chi connectivity index (χ4n) is 2.71. The van der Waals surface area contributed by atoms with Crippen LogP contribution in [-0.2, 0) is 9.59 Å². The molecule has 7 heteroatoms. The maximum Gasteiger partial charge on any atom is 0.228 e. The molecule has 0 heterocycles. The van der Waals surface area contributed by atoms with E-state index in [0.29, 0.717) is 34.3 Å². The summed E-state index contributed by atoms with van der Waals surface area (Å²) in [5.74, 6) is 0.0326. The molecule has 1 saturated carbocycles. The SMILES string of the molecule is COc1cccc(NC(=O)C2CC2C(=O)Nc2cc(Cl)ccc2OC)c1. The highest BCUT2D eigenvalue weighted by Gasteiger charge is 2.48. The van der Waals surface area contributed by atoms with Crippen LogP contribution >= 0.6 is 11.6 Å². The molecule has 2 aromatic carbocycles. The van der Waals surface area contributed by atoms with E-state index in [1.54, 1.807) is 49.6 Å². The Labute approximate surface area is 156 Å². The van der Waals surface area contributed by atoms with E-state index >= 15 is 0 Å². The molecule has 2 unspecified atom stereocenters. The molecule has 2 N–H and O–H groups in total. The summed E-state index contributed by atoms with van der Waals surface area (Å²) in [7, 11) is 3.08. The summed E-state index contributed by atoms with van der Waals surface area (Å²) in [5, 5.41) is 6.09. The predicted molar refractivity (Wildman–Crippen MR) is 99.9 cm³/mol. The Morgan fingerprint density at radius 3 is 2.42 bits per heavy atom. The first-order valence-corrected chi connectivity index (χ1v) is 8.49. The molecule has 6 nitrogen and oxygen atoms in total. The van der Waals surface area contributed by atoms with Gasteiger partial charge >= 0.3 is 0 Å². The normalized spacial score (nSPS) is 18.0. The first-order valence-electron chi connectivity index (χ1n) is 8.11. The van der Waals surface area contributed by atoms with Gasteiger partial charge in [0.2, 0.25) is 11.8 Å². The van der Waals surface area contributed by atoms with Crippen molar-refractivity contribution in [3.63, 3.8) is 0 Å². The zero-order valence-corrected chi connectivity index (χ0v) is 15.2. The topological polar surface area (TPSA) is 76.7 Å². The molecule has 0 bridgehead atoms. The molecular weight excluding hydrogens is 356 g/mol. The highest BCUT2D eigenvalue weighted by atomic mass is 35.5. The minimum atomic E-state index is -0.371. The maximum atomic E-state index is 12.4. The van der Waals surface area contributed by atoms with E-state index in [1.165, 1.54) is 7.11 Å². The first kappa shape index (κ1) is 18.1. The molecule has 2 amide bonds. The highest BCUT2D eigenvalue weighted by molar-refractivity contribution is 6.31.